The van der Waals surface area contributed by atoms with Gasteiger partial charge in [0.1, 0.15) is 6.54 Å². The van der Waals surface area contributed by atoms with Crippen LogP contribution in [0.1, 0.15) is 32.6 Å². The van der Waals surface area contributed by atoms with E-state index in [1.807, 2.05) is 6.92 Å². The Morgan fingerprint density at radius 2 is 1.90 bits per heavy atom. The molecule has 2 fully saturated rings. The first-order valence-corrected chi connectivity index (χ1v) is 7.52. The third kappa shape index (κ3) is 3.28. The first-order valence-electron chi connectivity index (χ1n) is 7.52. The molecule has 0 bridgehead atoms. The van der Waals surface area contributed by atoms with Gasteiger partial charge in [0.25, 0.3) is 0 Å². The molecule has 2 heterocycles. The van der Waals surface area contributed by atoms with Crippen molar-refractivity contribution in [3.8, 4) is 0 Å². The second-order valence-corrected chi connectivity index (χ2v) is 5.83. The van der Waals surface area contributed by atoms with Gasteiger partial charge in [-0.05, 0) is 25.7 Å². The van der Waals surface area contributed by atoms with Gasteiger partial charge in [0.15, 0.2) is 0 Å². The van der Waals surface area contributed by atoms with Gasteiger partial charge in [0, 0.05) is 26.2 Å². The maximum absolute atomic E-state index is 12.4. The minimum atomic E-state index is -0.772. The van der Waals surface area contributed by atoms with Crippen LogP contribution in [0.25, 0.3) is 0 Å². The van der Waals surface area contributed by atoms with Crippen LogP contribution in [0.3, 0.4) is 0 Å². The molecule has 0 radical (unpaired) electrons. The Labute approximate surface area is 124 Å². The number of carboxylic acid groups (broad SMARTS) is 1. The van der Waals surface area contributed by atoms with Crippen molar-refractivity contribution in [1.29, 1.82) is 0 Å². The largest absolute Gasteiger partial charge is 0.481 e. The fourth-order valence-electron chi connectivity index (χ4n) is 3.01. The molecule has 2 aliphatic heterocycles. The molecule has 2 aliphatic rings. The van der Waals surface area contributed by atoms with E-state index in [-0.39, 0.29) is 18.5 Å². The summed E-state index contributed by atoms with van der Waals surface area (Å²) in [6, 6.07) is -0.151. The van der Waals surface area contributed by atoms with Crippen LogP contribution in [-0.2, 0) is 9.59 Å². The maximum Gasteiger partial charge on any atom is 0.320 e. The van der Waals surface area contributed by atoms with Gasteiger partial charge >= 0.3 is 12.0 Å². The smallest absolute Gasteiger partial charge is 0.320 e. The second kappa shape index (κ2) is 6.32. The van der Waals surface area contributed by atoms with Crippen molar-refractivity contribution in [2.45, 2.75) is 32.6 Å². The third-order valence-electron chi connectivity index (χ3n) is 4.65. The molecule has 2 saturated heterocycles. The number of carbonyl (C=O) groups is 3. The third-order valence-corrected chi connectivity index (χ3v) is 4.65. The highest BCUT2D eigenvalue weighted by Crippen LogP contribution is 2.35. The normalized spacial score (nSPS) is 22.4. The Bertz CT molecular complexity index is 430. The lowest BCUT2D eigenvalue weighted by Gasteiger charge is -2.39. The van der Waals surface area contributed by atoms with Gasteiger partial charge in [0.2, 0.25) is 5.91 Å². The van der Waals surface area contributed by atoms with E-state index >= 15 is 0 Å². The number of nitrogens with zero attached hydrogens (tertiary/aromatic N) is 2. The predicted molar refractivity (Wildman–Crippen MR) is 75.8 cm³/mol. The number of rotatable bonds is 2. The van der Waals surface area contributed by atoms with Gasteiger partial charge in [-0.2, -0.15) is 0 Å². The molecular weight excluding hydrogens is 274 g/mol. The van der Waals surface area contributed by atoms with E-state index in [2.05, 4.69) is 5.32 Å². The molecule has 0 saturated carbocycles. The Balaban J connectivity index is 1.96. The Morgan fingerprint density at radius 1 is 1.24 bits per heavy atom. The van der Waals surface area contributed by atoms with Crippen LogP contribution in [0.4, 0.5) is 4.79 Å². The zero-order valence-corrected chi connectivity index (χ0v) is 12.4. The molecule has 0 aromatic rings. The van der Waals surface area contributed by atoms with Crippen molar-refractivity contribution >= 4 is 17.9 Å². The van der Waals surface area contributed by atoms with Crippen molar-refractivity contribution in [3.63, 3.8) is 0 Å². The van der Waals surface area contributed by atoms with Gasteiger partial charge in [-0.15, -0.1) is 0 Å². The quantitative estimate of drug-likeness (QED) is 0.777. The van der Waals surface area contributed by atoms with Crippen LogP contribution in [0, 0.1) is 5.41 Å². The molecule has 7 nitrogen and oxygen atoms in total. The molecule has 0 atom stereocenters. The summed E-state index contributed by atoms with van der Waals surface area (Å²) < 4.78 is 0. The van der Waals surface area contributed by atoms with Crippen molar-refractivity contribution in [2.75, 3.05) is 32.7 Å². The summed E-state index contributed by atoms with van der Waals surface area (Å²) in [5.74, 6) is -0.905. The zero-order chi connectivity index (χ0) is 15.5. The molecule has 0 unspecified atom stereocenters. The van der Waals surface area contributed by atoms with E-state index in [4.69, 9.17) is 0 Å². The number of amides is 3. The number of piperidine rings is 1. The van der Waals surface area contributed by atoms with E-state index in [1.54, 1.807) is 9.80 Å². The Kier molecular flexibility index (Phi) is 4.69. The van der Waals surface area contributed by atoms with Crippen LogP contribution in [0.5, 0.6) is 0 Å². The summed E-state index contributed by atoms with van der Waals surface area (Å²) in [6.07, 6.45) is 2.28. The molecule has 7 heteroatoms. The number of urea groups is 1. The van der Waals surface area contributed by atoms with Gasteiger partial charge in [0.05, 0.1) is 5.41 Å². The molecule has 21 heavy (non-hydrogen) atoms. The maximum atomic E-state index is 12.4. The number of hydrogen-bond acceptors (Lipinski definition) is 3. The van der Waals surface area contributed by atoms with Crippen LogP contribution >= 0.6 is 0 Å². The van der Waals surface area contributed by atoms with Gasteiger partial charge in [-0.25, -0.2) is 4.79 Å². The molecule has 0 aromatic carbocycles. The number of nitrogens with one attached hydrogen (secondary N) is 1. The Hall–Kier alpha value is -1.79. The molecular formula is C14H23N3O4. The fourth-order valence-corrected chi connectivity index (χ4v) is 3.01. The monoisotopic (exact) mass is 297 g/mol. The molecule has 0 spiro atoms. The number of hydrogen-bond donors (Lipinski definition) is 2. The van der Waals surface area contributed by atoms with Gasteiger partial charge in [-0.3, -0.25) is 9.59 Å². The van der Waals surface area contributed by atoms with E-state index in [0.29, 0.717) is 45.4 Å². The molecule has 118 valence electrons. The summed E-state index contributed by atoms with van der Waals surface area (Å²) in [5, 5.41) is 12.1. The lowest BCUT2D eigenvalue weighted by atomic mass is 9.76. The summed E-state index contributed by atoms with van der Waals surface area (Å²) in [5.41, 5.74) is -0.701. The number of likely N-dealkylation sites (tertiary alicyclic amines) is 1. The van der Waals surface area contributed by atoms with E-state index in [1.165, 1.54) is 0 Å². The molecule has 3 amide bonds. The van der Waals surface area contributed by atoms with Crippen LogP contribution in [0.15, 0.2) is 0 Å². The van der Waals surface area contributed by atoms with E-state index < -0.39 is 11.4 Å². The molecule has 0 aliphatic carbocycles. The predicted octanol–water partition coefficient (Wildman–Crippen LogP) is 0.505. The van der Waals surface area contributed by atoms with Gasteiger partial charge < -0.3 is 20.2 Å². The average Bonchev–Trinajstić information content (AvgIpc) is 2.71. The molecule has 2 N–H and O–H groups in total. The SMILES string of the molecule is CCC1(C(=O)O)CCN(C(=O)N2CCCNC(=O)C2)CC1. The van der Waals surface area contributed by atoms with Crippen LogP contribution in [0.2, 0.25) is 0 Å². The van der Waals surface area contributed by atoms with Crippen LogP contribution in [-0.4, -0.2) is 65.5 Å². The number of aliphatic carboxylic acids is 1. The topological polar surface area (TPSA) is 89.9 Å². The average molecular weight is 297 g/mol. The molecule has 0 aromatic heterocycles. The summed E-state index contributed by atoms with van der Waals surface area (Å²) in [4.78, 5) is 38.6. The number of carbonyl (C=O) groups excluding carboxylic acids is 2. The summed E-state index contributed by atoms with van der Waals surface area (Å²) >= 11 is 0. The number of carboxylic acids is 1. The van der Waals surface area contributed by atoms with E-state index in [9.17, 15) is 19.5 Å². The van der Waals surface area contributed by atoms with Gasteiger partial charge in [-0.1, -0.05) is 6.92 Å². The molecule has 2 rings (SSSR count). The van der Waals surface area contributed by atoms with Crippen molar-refractivity contribution in [3.05, 3.63) is 0 Å². The first kappa shape index (κ1) is 15.6. The highest BCUT2D eigenvalue weighted by Gasteiger charge is 2.41. The standard InChI is InChI=1S/C14H23N3O4/c1-2-14(12(19)20)4-8-16(9-5-14)13(21)17-7-3-6-15-11(18)10-17/h2-10H2,1H3,(H,15,18)(H,19,20). The van der Waals surface area contributed by atoms with Crippen LogP contribution < -0.4 is 5.32 Å². The fraction of sp³-hybridized carbons (Fsp3) is 0.786. The van der Waals surface area contributed by atoms with Crippen molar-refractivity contribution in [1.82, 2.24) is 15.1 Å². The second-order valence-electron chi connectivity index (χ2n) is 5.83. The van der Waals surface area contributed by atoms with E-state index in [0.717, 1.165) is 6.42 Å². The highest BCUT2D eigenvalue weighted by atomic mass is 16.4. The highest BCUT2D eigenvalue weighted by molar-refractivity contribution is 5.84. The Morgan fingerprint density at radius 3 is 2.48 bits per heavy atom. The van der Waals surface area contributed by atoms with Crippen molar-refractivity contribution < 1.29 is 19.5 Å². The lowest BCUT2D eigenvalue weighted by Crippen LogP contribution is -2.51. The van der Waals surface area contributed by atoms with Crippen molar-refractivity contribution in [2.24, 2.45) is 5.41 Å². The zero-order valence-electron chi connectivity index (χ0n) is 12.4. The lowest BCUT2D eigenvalue weighted by molar-refractivity contribution is -0.152. The first-order chi connectivity index (χ1) is 9.98. The summed E-state index contributed by atoms with van der Waals surface area (Å²) in [6.45, 7) is 4.01. The minimum absolute atomic E-state index is 0.0905. The minimum Gasteiger partial charge on any atom is -0.481 e. The summed E-state index contributed by atoms with van der Waals surface area (Å²) in [7, 11) is 0.